The first-order valence-corrected chi connectivity index (χ1v) is 5.58. The van der Waals surface area contributed by atoms with E-state index in [2.05, 4.69) is 20.9 Å². The number of hydrogen-bond acceptors (Lipinski definition) is 1. The van der Waals surface area contributed by atoms with Crippen LogP contribution in [0.4, 0.5) is 0 Å². The topological polar surface area (TPSA) is 20.2 Å². The molecule has 0 amide bonds. The van der Waals surface area contributed by atoms with Gasteiger partial charge in [-0.25, -0.2) is 0 Å². The maximum Gasteiger partial charge on any atom is 0.0919 e. The Morgan fingerprint density at radius 2 is 1.62 bits per heavy atom. The van der Waals surface area contributed by atoms with Gasteiger partial charge in [-0.1, -0.05) is 0 Å². The summed E-state index contributed by atoms with van der Waals surface area (Å²) in [5.41, 5.74) is 0. The molecule has 13 heavy (non-hydrogen) atoms. The quantitative estimate of drug-likeness (QED) is 0.613. The summed E-state index contributed by atoms with van der Waals surface area (Å²) in [6, 6.07) is 2.17. The number of hydrogen-bond donors (Lipinski definition) is 1. The van der Waals surface area contributed by atoms with Gasteiger partial charge >= 0.3 is 0 Å². The summed E-state index contributed by atoms with van der Waals surface area (Å²) in [5.74, 6) is 0. The lowest BCUT2D eigenvalue weighted by Crippen LogP contribution is -2.62. The van der Waals surface area contributed by atoms with E-state index in [1.165, 1.54) is 17.3 Å². The molecule has 0 radical (unpaired) electrons. The van der Waals surface area contributed by atoms with Crippen LogP contribution in [0, 0.1) is 0 Å². The van der Waals surface area contributed by atoms with Crippen LogP contribution in [0.3, 0.4) is 0 Å². The molecule has 2 heteroatoms. The first-order chi connectivity index (χ1) is 6.05. The Balaban J connectivity index is 2.23. The van der Waals surface area contributed by atoms with Gasteiger partial charge in [0, 0.05) is 25.7 Å². The second kappa shape index (κ2) is 2.96. The minimum atomic E-state index is -0.0116. The maximum atomic E-state index is 9.69. The van der Waals surface area contributed by atoms with Crippen LogP contribution < -0.4 is 0 Å². The summed E-state index contributed by atoms with van der Waals surface area (Å²) < 4.78 is 1.22. The molecular weight excluding hydrogens is 162 g/mol. The highest BCUT2D eigenvalue weighted by Gasteiger charge is 2.52. The number of rotatable bonds is 1. The molecule has 0 aliphatic carbocycles. The van der Waals surface area contributed by atoms with Gasteiger partial charge in [-0.15, -0.1) is 0 Å². The van der Waals surface area contributed by atoms with Gasteiger partial charge in [-0.2, -0.15) is 0 Å². The van der Waals surface area contributed by atoms with E-state index in [1.54, 1.807) is 0 Å². The number of aliphatic hydroxyl groups excluding tert-OH is 1. The molecule has 76 valence electrons. The summed E-state index contributed by atoms with van der Waals surface area (Å²) >= 11 is 0. The van der Waals surface area contributed by atoms with E-state index in [1.807, 2.05) is 0 Å². The highest BCUT2D eigenvalue weighted by Crippen LogP contribution is 2.42. The minimum Gasteiger partial charge on any atom is -0.393 e. The Labute approximate surface area is 81.1 Å². The SMILES string of the molecule is CC(C)[N+]1(C)[C@@H]2CC[C@@H]1CC(O)C2. The second-order valence-corrected chi connectivity index (χ2v) is 5.33. The Bertz CT molecular complexity index is 188. The zero-order valence-corrected chi connectivity index (χ0v) is 9.03. The third kappa shape index (κ3) is 1.23. The zero-order valence-electron chi connectivity index (χ0n) is 9.03. The molecular formula is C11H22NO+. The van der Waals surface area contributed by atoms with Crippen molar-refractivity contribution in [3.8, 4) is 0 Å². The molecule has 2 aliphatic heterocycles. The molecule has 0 unspecified atom stereocenters. The third-order valence-corrected chi connectivity index (χ3v) is 4.61. The van der Waals surface area contributed by atoms with Crippen molar-refractivity contribution >= 4 is 0 Å². The van der Waals surface area contributed by atoms with Gasteiger partial charge in [0.15, 0.2) is 0 Å². The van der Waals surface area contributed by atoms with Crippen LogP contribution in [0.25, 0.3) is 0 Å². The first kappa shape index (κ1) is 9.47. The molecule has 0 aromatic rings. The Morgan fingerprint density at radius 1 is 1.15 bits per heavy atom. The van der Waals surface area contributed by atoms with E-state index >= 15 is 0 Å². The van der Waals surface area contributed by atoms with Gasteiger partial charge in [-0.3, -0.25) is 0 Å². The van der Waals surface area contributed by atoms with Gasteiger partial charge in [0.1, 0.15) is 0 Å². The van der Waals surface area contributed by atoms with Gasteiger partial charge in [0.05, 0.1) is 31.3 Å². The van der Waals surface area contributed by atoms with Crippen molar-refractivity contribution in [3.63, 3.8) is 0 Å². The molecule has 2 atom stereocenters. The van der Waals surface area contributed by atoms with Crippen LogP contribution in [-0.2, 0) is 0 Å². The molecule has 1 N–H and O–H groups in total. The Hall–Kier alpha value is -0.0800. The molecule has 2 nitrogen and oxygen atoms in total. The fraction of sp³-hybridized carbons (Fsp3) is 1.00. The molecule has 2 bridgehead atoms. The molecule has 2 rings (SSSR count). The largest absolute Gasteiger partial charge is 0.393 e. The van der Waals surface area contributed by atoms with Crippen LogP contribution in [0.5, 0.6) is 0 Å². The van der Waals surface area contributed by atoms with E-state index in [9.17, 15) is 5.11 Å². The highest BCUT2D eigenvalue weighted by molar-refractivity contribution is 4.86. The predicted molar refractivity (Wildman–Crippen MR) is 53.4 cm³/mol. The maximum absolute atomic E-state index is 9.69. The average Bonchev–Trinajstić information content (AvgIpc) is 2.29. The van der Waals surface area contributed by atoms with Gasteiger partial charge in [-0.05, 0) is 13.8 Å². The molecule has 2 saturated heterocycles. The zero-order chi connectivity index (χ0) is 9.64. The predicted octanol–water partition coefficient (Wildman–Crippen LogP) is 1.53. The molecule has 2 heterocycles. The highest BCUT2D eigenvalue weighted by atomic mass is 16.3. The van der Waals surface area contributed by atoms with E-state index in [-0.39, 0.29) is 6.10 Å². The van der Waals surface area contributed by atoms with E-state index in [0.29, 0.717) is 6.04 Å². The monoisotopic (exact) mass is 184 g/mol. The number of nitrogens with zero attached hydrogens (tertiary/aromatic N) is 1. The molecule has 0 saturated carbocycles. The standard InChI is InChI=1S/C11H22NO/c1-8(2)12(3)9-4-5-10(12)7-11(13)6-9/h8-11,13H,4-7H2,1-3H3/q+1/t9-,10-,11?,12?/m1/s1. The third-order valence-electron chi connectivity index (χ3n) is 4.61. The number of aliphatic hydroxyl groups is 1. The lowest BCUT2D eigenvalue weighted by Gasteiger charge is -2.49. The van der Waals surface area contributed by atoms with Crippen molar-refractivity contribution in [2.24, 2.45) is 0 Å². The fourth-order valence-corrected chi connectivity index (χ4v) is 3.50. The second-order valence-electron chi connectivity index (χ2n) is 5.33. The van der Waals surface area contributed by atoms with Crippen molar-refractivity contribution in [3.05, 3.63) is 0 Å². The van der Waals surface area contributed by atoms with Gasteiger partial charge in [0.25, 0.3) is 0 Å². The summed E-state index contributed by atoms with van der Waals surface area (Å²) in [6.07, 6.45) is 4.71. The van der Waals surface area contributed by atoms with Crippen LogP contribution in [0.15, 0.2) is 0 Å². The molecule has 0 aromatic carbocycles. The Morgan fingerprint density at radius 3 is 2.00 bits per heavy atom. The Kier molecular flexibility index (Phi) is 2.16. The summed E-state index contributed by atoms with van der Waals surface area (Å²) in [7, 11) is 2.39. The van der Waals surface area contributed by atoms with E-state index < -0.39 is 0 Å². The van der Waals surface area contributed by atoms with Crippen molar-refractivity contribution in [1.29, 1.82) is 0 Å². The molecule has 2 fully saturated rings. The first-order valence-electron chi connectivity index (χ1n) is 5.58. The van der Waals surface area contributed by atoms with Crippen LogP contribution in [0.2, 0.25) is 0 Å². The molecule has 0 spiro atoms. The van der Waals surface area contributed by atoms with Gasteiger partial charge < -0.3 is 9.59 Å². The van der Waals surface area contributed by atoms with E-state index in [4.69, 9.17) is 0 Å². The number of quaternary nitrogens is 1. The lowest BCUT2D eigenvalue weighted by atomic mass is 9.95. The number of fused-ring (bicyclic) bond motifs is 2. The van der Waals surface area contributed by atoms with Crippen molar-refractivity contribution in [2.45, 2.75) is 63.8 Å². The summed E-state index contributed by atoms with van der Waals surface area (Å²) in [5, 5.41) is 9.69. The normalized spacial score (nSPS) is 50.1. The van der Waals surface area contributed by atoms with Crippen molar-refractivity contribution in [2.75, 3.05) is 7.05 Å². The average molecular weight is 184 g/mol. The lowest BCUT2D eigenvalue weighted by molar-refractivity contribution is -0.968. The van der Waals surface area contributed by atoms with Crippen LogP contribution in [-0.4, -0.2) is 40.9 Å². The smallest absolute Gasteiger partial charge is 0.0919 e. The molecule has 0 aromatic heterocycles. The minimum absolute atomic E-state index is 0.0116. The number of piperidine rings is 1. The van der Waals surface area contributed by atoms with E-state index in [0.717, 1.165) is 24.9 Å². The fourth-order valence-electron chi connectivity index (χ4n) is 3.50. The summed E-state index contributed by atoms with van der Waals surface area (Å²) in [4.78, 5) is 0. The van der Waals surface area contributed by atoms with Crippen LogP contribution >= 0.6 is 0 Å². The van der Waals surface area contributed by atoms with Crippen molar-refractivity contribution < 1.29 is 9.59 Å². The van der Waals surface area contributed by atoms with Crippen molar-refractivity contribution in [1.82, 2.24) is 0 Å². The summed E-state index contributed by atoms with van der Waals surface area (Å²) in [6.45, 7) is 4.64. The van der Waals surface area contributed by atoms with Gasteiger partial charge in [0.2, 0.25) is 0 Å². The van der Waals surface area contributed by atoms with Crippen LogP contribution in [0.1, 0.15) is 39.5 Å². The molecule has 2 aliphatic rings.